The monoisotopic (exact) mass is 457 g/mol. The maximum atomic E-state index is 12.5. The summed E-state index contributed by atoms with van der Waals surface area (Å²) in [5, 5.41) is 5.80. The second kappa shape index (κ2) is 8.14. The van der Waals surface area contributed by atoms with Gasteiger partial charge in [0.2, 0.25) is 10.0 Å². The molecule has 2 aromatic carbocycles. The number of benzene rings is 2. The first-order valence-corrected chi connectivity index (χ1v) is 11.5. The first-order chi connectivity index (χ1) is 14.8. The number of aromatic nitrogens is 1. The fourth-order valence-electron chi connectivity index (χ4n) is 2.93. The van der Waals surface area contributed by atoms with Crippen molar-refractivity contribution >= 4 is 43.4 Å². The van der Waals surface area contributed by atoms with Gasteiger partial charge in [0, 0.05) is 30.4 Å². The van der Waals surface area contributed by atoms with E-state index in [1.54, 1.807) is 12.5 Å². The highest BCUT2D eigenvalue weighted by molar-refractivity contribution is 7.89. The van der Waals surface area contributed by atoms with Crippen molar-refractivity contribution in [3.05, 3.63) is 59.5 Å². The molecule has 1 N–H and O–H groups in total. The van der Waals surface area contributed by atoms with Crippen molar-refractivity contribution in [1.29, 1.82) is 0 Å². The Bertz CT molecular complexity index is 1360. The van der Waals surface area contributed by atoms with Gasteiger partial charge in [0.1, 0.15) is 5.69 Å². The zero-order valence-corrected chi connectivity index (χ0v) is 18.6. The van der Waals surface area contributed by atoms with Crippen LogP contribution in [0.3, 0.4) is 0 Å². The van der Waals surface area contributed by atoms with Crippen molar-refractivity contribution < 1.29 is 22.4 Å². The van der Waals surface area contributed by atoms with Crippen molar-refractivity contribution in [3.8, 4) is 17.2 Å². The van der Waals surface area contributed by atoms with Crippen molar-refractivity contribution in [3.63, 3.8) is 0 Å². The molecule has 10 heteroatoms. The number of nitrogens with zero attached hydrogens (tertiary/aromatic N) is 2. The molecule has 0 saturated heterocycles. The highest BCUT2D eigenvalue weighted by Gasteiger charge is 2.18. The van der Waals surface area contributed by atoms with Crippen molar-refractivity contribution in [2.24, 2.45) is 0 Å². The Balaban J connectivity index is 1.52. The fourth-order valence-corrected chi connectivity index (χ4v) is 4.52. The van der Waals surface area contributed by atoms with Gasteiger partial charge in [0.15, 0.2) is 22.2 Å². The smallest absolute Gasteiger partial charge is 0.257 e. The van der Waals surface area contributed by atoms with E-state index in [-0.39, 0.29) is 10.8 Å². The normalized spacial score (nSPS) is 11.7. The number of anilines is 1. The predicted octanol–water partition coefficient (Wildman–Crippen LogP) is 4.07. The third-order valence-corrected chi connectivity index (χ3v) is 7.19. The lowest BCUT2D eigenvalue weighted by atomic mass is 10.2. The number of hydrogen-bond donors (Lipinski definition) is 1. The van der Waals surface area contributed by atoms with Gasteiger partial charge in [-0.05, 0) is 36.4 Å². The molecule has 0 atom stereocenters. The Morgan fingerprint density at radius 1 is 1.16 bits per heavy atom. The molecule has 4 aromatic rings. The topological polar surface area (TPSA) is 102 Å². The number of ether oxygens (including phenoxy) is 1. The van der Waals surface area contributed by atoms with E-state index in [4.69, 9.17) is 9.15 Å². The molecular formula is C21H19N3O5S2. The minimum atomic E-state index is -3.55. The lowest BCUT2D eigenvalue weighted by Crippen LogP contribution is -2.22. The van der Waals surface area contributed by atoms with Crippen LogP contribution in [0.25, 0.3) is 22.4 Å². The van der Waals surface area contributed by atoms with E-state index < -0.39 is 10.0 Å². The van der Waals surface area contributed by atoms with Crippen LogP contribution < -0.4 is 10.1 Å². The third kappa shape index (κ3) is 4.05. The van der Waals surface area contributed by atoms with Gasteiger partial charge in [-0.25, -0.2) is 17.7 Å². The molecule has 0 fully saturated rings. The Labute approximate surface area is 183 Å². The summed E-state index contributed by atoms with van der Waals surface area (Å²) in [6.07, 6.45) is 0. The number of thiazole rings is 1. The third-order valence-electron chi connectivity index (χ3n) is 4.60. The summed E-state index contributed by atoms with van der Waals surface area (Å²) in [5.41, 5.74) is 1.54. The first-order valence-electron chi connectivity index (χ1n) is 9.16. The Hall–Kier alpha value is -3.21. The van der Waals surface area contributed by atoms with Crippen LogP contribution in [0, 0.1) is 0 Å². The summed E-state index contributed by atoms with van der Waals surface area (Å²) in [5.74, 6) is 0.808. The zero-order chi connectivity index (χ0) is 22.2. The number of methoxy groups -OCH3 is 1. The highest BCUT2D eigenvalue weighted by Crippen LogP contribution is 2.34. The van der Waals surface area contributed by atoms with Gasteiger partial charge in [-0.1, -0.05) is 12.1 Å². The molecule has 160 valence electrons. The average Bonchev–Trinajstić information content (AvgIpc) is 3.40. The van der Waals surface area contributed by atoms with Crippen LogP contribution in [0.15, 0.2) is 63.2 Å². The van der Waals surface area contributed by atoms with Crippen LogP contribution in [0.5, 0.6) is 5.75 Å². The van der Waals surface area contributed by atoms with Crippen LogP contribution in [0.4, 0.5) is 5.13 Å². The lowest BCUT2D eigenvalue weighted by Gasteiger charge is -2.11. The number of furan rings is 1. The second-order valence-electron chi connectivity index (χ2n) is 6.79. The van der Waals surface area contributed by atoms with Crippen molar-refractivity contribution in [2.75, 3.05) is 26.5 Å². The Morgan fingerprint density at radius 2 is 1.90 bits per heavy atom. The molecule has 4 rings (SSSR count). The van der Waals surface area contributed by atoms with Gasteiger partial charge in [0.05, 0.1) is 12.0 Å². The van der Waals surface area contributed by atoms with Crippen LogP contribution in [0.2, 0.25) is 0 Å². The molecule has 1 amide bonds. The minimum Gasteiger partial charge on any atom is -0.493 e. The zero-order valence-electron chi connectivity index (χ0n) is 16.9. The summed E-state index contributed by atoms with van der Waals surface area (Å²) in [7, 11) is 0.934. The maximum absolute atomic E-state index is 12.5. The molecule has 0 bridgehead atoms. The predicted molar refractivity (Wildman–Crippen MR) is 119 cm³/mol. The molecule has 0 spiro atoms. The van der Waals surface area contributed by atoms with Crippen LogP contribution >= 0.6 is 11.3 Å². The lowest BCUT2D eigenvalue weighted by molar-refractivity contribution is 0.102. The average molecular weight is 458 g/mol. The molecule has 0 saturated carbocycles. The van der Waals surface area contributed by atoms with Gasteiger partial charge < -0.3 is 9.15 Å². The Kier molecular flexibility index (Phi) is 5.52. The molecule has 0 radical (unpaired) electrons. The van der Waals surface area contributed by atoms with E-state index in [1.165, 1.54) is 49.7 Å². The number of fused-ring (bicyclic) bond motifs is 1. The van der Waals surface area contributed by atoms with Gasteiger partial charge in [-0.15, -0.1) is 11.3 Å². The number of carbonyl (C=O) groups excluding carboxylic acids is 1. The first kappa shape index (κ1) is 21.0. The molecule has 0 aliphatic heterocycles. The van der Waals surface area contributed by atoms with E-state index in [2.05, 4.69) is 10.3 Å². The Morgan fingerprint density at radius 3 is 2.58 bits per heavy atom. The molecule has 2 heterocycles. The largest absolute Gasteiger partial charge is 0.493 e. The number of rotatable bonds is 6. The number of nitrogens with one attached hydrogen (secondary N) is 1. The van der Waals surface area contributed by atoms with Crippen LogP contribution in [-0.4, -0.2) is 44.8 Å². The van der Waals surface area contributed by atoms with E-state index >= 15 is 0 Å². The molecule has 0 unspecified atom stereocenters. The second-order valence-corrected chi connectivity index (χ2v) is 9.80. The number of amides is 1. The highest BCUT2D eigenvalue weighted by atomic mass is 32.2. The summed E-state index contributed by atoms with van der Waals surface area (Å²) < 4.78 is 36.6. The molecule has 2 aromatic heterocycles. The quantitative estimate of drug-likeness (QED) is 0.468. The van der Waals surface area contributed by atoms with E-state index in [0.717, 1.165) is 9.69 Å². The van der Waals surface area contributed by atoms with E-state index in [1.807, 2.05) is 24.3 Å². The minimum absolute atomic E-state index is 0.117. The fraction of sp³-hybridized carbons (Fsp3) is 0.143. The summed E-state index contributed by atoms with van der Waals surface area (Å²) in [6, 6.07) is 13.2. The van der Waals surface area contributed by atoms with E-state index in [0.29, 0.717) is 33.5 Å². The van der Waals surface area contributed by atoms with Crippen LogP contribution in [-0.2, 0) is 10.0 Å². The van der Waals surface area contributed by atoms with Gasteiger partial charge in [0.25, 0.3) is 5.91 Å². The van der Waals surface area contributed by atoms with Gasteiger partial charge in [-0.2, -0.15) is 0 Å². The summed E-state index contributed by atoms with van der Waals surface area (Å²) in [6.45, 7) is 0. The summed E-state index contributed by atoms with van der Waals surface area (Å²) in [4.78, 5) is 17.1. The van der Waals surface area contributed by atoms with Gasteiger partial charge in [-0.3, -0.25) is 10.1 Å². The molecule has 8 nitrogen and oxygen atoms in total. The number of para-hydroxylation sites is 1. The molecule has 0 aliphatic carbocycles. The molecular weight excluding hydrogens is 438 g/mol. The standard InChI is InChI=1S/C21H19N3O5S2/c1-24(2)31(26,27)15-9-7-13(8-10-15)20(25)23-21-22-16(12-30-21)18-11-14-5-4-6-17(28-3)19(14)29-18/h4-12H,1-3H3,(H,22,23,25). The number of carbonyl (C=O) groups is 1. The van der Waals surface area contributed by atoms with Crippen molar-refractivity contribution in [1.82, 2.24) is 9.29 Å². The number of hydrogen-bond acceptors (Lipinski definition) is 7. The van der Waals surface area contributed by atoms with Crippen LogP contribution in [0.1, 0.15) is 10.4 Å². The summed E-state index contributed by atoms with van der Waals surface area (Å²) >= 11 is 1.26. The van der Waals surface area contributed by atoms with E-state index in [9.17, 15) is 13.2 Å². The molecule has 31 heavy (non-hydrogen) atoms. The maximum Gasteiger partial charge on any atom is 0.257 e. The molecule has 0 aliphatic rings. The van der Waals surface area contributed by atoms with Gasteiger partial charge >= 0.3 is 0 Å². The van der Waals surface area contributed by atoms with Crippen molar-refractivity contribution in [2.45, 2.75) is 4.90 Å². The SMILES string of the molecule is COc1cccc2cc(-c3csc(NC(=O)c4ccc(S(=O)(=O)N(C)C)cc4)n3)oc12. The number of sulfonamides is 1.